The van der Waals surface area contributed by atoms with E-state index >= 15 is 0 Å². The van der Waals surface area contributed by atoms with E-state index in [9.17, 15) is 10.2 Å². The van der Waals surface area contributed by atoms with E-state index in [1.54, 1.807) is 55.5 Å². The van der Waals surface area contributed by atoms with Crippen molar-refractivity contribution in [1.29, 1.82) is 0 Å². The molecule has 0 aliphatic rings. The van der Waals surface area contributed by atoms with Crippen molar-refractivity contribution in [2.75, 3.05) is 20.8 Å². The summed E-state index contributed by atoms with van der Waals surface area (Å²) < 4.78 is 10.1. The molecule has 0 amide bonds. The zero-order valence-corrected chi connectivity index (χ0v) is 30.0. The van der Waals surface area contributed by atoms with Crippen LogP contribution in [0.2, 0.25) is 0 Å². The Bertz CT molecular complexity index is 1240. The topological polar surface area (TPSA) is 308 Å². The molecule has 0 spiro atoms. The summed E-state index contributed by atoms with van der Waals surface area (Å²) in [6.07, 6.45) is 2.95. The summed E-state index contributed by atoms with van der Waals surface area (Å²) in [4.78, 5) is 33.5. The molecule has 235 valence electrons. The monoisotopic (exact) mass is 812 g/mol. The van der Waals surface area contributed by atoms with Gasteiger partial charge >= 0.3 is 60.3 Å². The van der Waals surface area contributed by atoms with Gasteiger partial charge in [0.05, 0.1) is 40.9 Å². The molecule has 0 saturated carbocycles. The van der Waals surface area contributed by atoms with Gasteiger partial charge in [-0.3, -0.25) is 9.98 Å². The number of ether oxygens (including phenoxy) is 2. The van der Waals surface area contributed by atoms with Crippen LogP contribution in [0.1, 0.15) is 18.1 Å². The van der Waals surface area contributed by atoms with Gasteiger partial charge in [-0.25, -0.2) is 0 Å². The third kappa shape index (κ3) is 23.8. The van der Waals surface area contributed by atoms with E-state index in [1.165, 1.54) is 26.6 Å². The normalized spacial score (nSPS) is 8.98. The molecule has 0 atom stereocenters. The molecule has 1 N–H and O–H groups in total. The summed E-state index contributed by atoms with van der Waals surface area (Å²) in [5, 5.41) is 76.3. The van der Waals surface area contributed by atoms with E-state index in [4.69, 9.17) is 60.5 Å². The third-order valence-electron chi connectivity index (χ3n) is 4.03. The van der Waals surface area contributed by atoms with Gasteiger partial charge in [-0.1, -0.05) is 47.9 Å². The van der Waals surface area contributed by atoms with Gasteiger partial charge < -0.3 is 70.8 Å². The van der Waals surface area contributed by atoms with Crippen molar-refractivity contribution >= 4 is 23.8 Å². The number of aliphatic imine (C=N–C) groups is 2. The molecule has 0 aliphatic carbocycles. The van der Waals surface area contributed by atoms with Crippen molar-refractivity contribution in [3.05, 3.63) is 118 Å². The van der Waals surface area contributed by atoms with Crippen LogP contribution < -0.4 is 19.7 Å². The molecule has 0 saturated heterocycles. The predicted molar refractivity (Wildman–Crippen MR) is 150 cm³/mol. The number of hydrogen-bond acceptors (Lipinski definition) is 16. The maximum Gasteiger partial charge on any atom is 3.00 e. The predicted octanol–water partition coefficient (Wildman–Crippen LogP) is 2.63. The van der Waals surface area contributed by atoms with E-state index < -0.39 is 15.3 Å². The molecule has 3 aromatic rings. The van der Waals surface area contributed by atoms with Crippen LogP contribution in [0.5, 0.6) is 23.0 Å². The maximum atomic E-state index is 12.2. The Balaban J connectivity index is -0.000000417. The number of aliphatic hydroxyl groups excluding tert-OH is 1. The first-order chi connectivity index (χ1) is 20.2. The Kier molecular flexibility index (Phi) is 30.2. The Morgan fingerprint density at radius 2 is 0.933 bits per heavy atom. The molecule has 19 nitrogen and oxygen atoms in total. The summed E-state index contributed by atoms with van der Waals surface area (Å²) >= 11 is 0. The molecule has 0 aliphatic heterocycles. The van der Waals surface area contributed by atoms with Gasteiger partial charge in [0.1, 0.15) is 11.5 Å². The Morgan fingerprint density at radius 1 is 0.667 bits per heavy atom. The maximum absolute atomic E-state index is 12.2. The molecule has 0 heterocycles. The molecule has 1 radical (unpaired) electrons. The van der Waals surface area contributed by atoms with Crippen molar-refractivity contribution in [3.63, 3.8) is 0 Å². The minimum absolute atomic E-state index is 0. The average molecular weight is 816 g/mol. The molecule has 3 rings (SSSR count). The van der Waals surface area contributed by atoms with Crippen LogP contribution in [0.4, 0.5) is 11.4 Å². The summed E-state index contributed by atoms with van der Waals surface area (Å²) in [6, 6.07) is 17.2. The first kappa shape index (κ1) is 47.7. The minimum Gasteiger partial charge on any atom is -0.870 e. The number of para-hydroxylation sites is 4. The number of methoxy groups -OCH3 is 2. The van der Waals surface area contributed by atoms with Gasteiger partial charge in [0, 0.05) is 19.0 Å². The zero-order valence-electron chi connectivity index (χ0n) is 23.8. The van der Waals surface area contributed by atoms with E-state index in [1.807, 2.05) is 12.1 Å². The largest absolute Gasteiger partial charge is 3.00 e. The van der Waals surface area contributed by atoms with E-state index in [2.05, 4.69) is 9.98 Å². The van der Waals surface area contributed by atoms with Crippen LogP contribution in [0, 0.1) is 86.8 Å². The van der Waals surface area contributed by atoms with E-state index in [-0.39, 0.29) is 89.9 Å². The smallest absolute Gasteiger partial charge is 0.870 e. The summed E-state index contributed by atoms with van der Waals surface area (Å²) in [5.41, 5.74) is 1.95. The molecule has 0 aromatic heterocycles. The van der Waals surface area contributed by atoms with Gasteiger partial charge in [0.15, 0.2) is 0 Å². The number of nitrogens with zero attached hydrogens (tertiary/aromatic N) is 5. The number of benzene rings is 3. The van der Waals surface area contributed by atoms with Gasteiger partial charge in [-0.15, -0.1) is 0 Å². The molecule has 3 aromatic carbocycles. The second-order valence-corrected chi connectivity index (χ2v) is 6.75. The molecule has 0 bridgehead atoms. The van der Waals surface area contributed by atoms with E-state index in [0.717, 1.165) is 0 Å². The Hall–Kier alpha value is -4.27. The van der Waals surface area contributed by atoms with Crippen LogP contribution >= 0.6 is 0 Å². The van der Waals surface area contributed by atoms with Gasteiger partial charge in [0.2, 0.25) is 0 Å². The molecular weight excluding hydrogens is 792 g/mol. The summed E-state index contributed by atoms with van der Waals surface area (Å²) in [7, 11) is 2.90. The fraction of sp³-hybridized carbons (Fsp3) is 0.167. The molecule has 45 heavy (non-hydrogen) atoms. The third-order valence-corrected chi connectivity index (χ3v) is 4.03. The average Bonchev–Trinajstić information content (AvgIpc) is 2.92. The second kappa shape index (κ2) is 28.5. The van der Waals surface area contributed by atoms with Crippen LogP contribution in [0.15, 0.2) is 70.6 Å². The van der Waals surface area contributed by atoms with Crippen molar-refractivity contribution in [1.82, 2.24) is 0 Å². The SMILES string of the molecule is CCO.COc1cccc(C=Nc2ccccc2N=Cc2cccc(OC)c2[O-])c1[O-].O=[N+]([O-])[O-].O=[N+]([O-])[O-].O=[N+]([O-])[O-].[Nd+3].[Zn+2]. The van der Waals surface area contributed by atoms with Crippen LogP contribution in [0.25, 0.3) is 0 Å². The van der Waals surface area contributed by atoms with Crippen molar-refractivity contribution in [2.24, 2.45) is 9.98 Å². The van der Waals surface area contributed by atoms with Crippen molar-refractivity contribution in [3.8, 4) is 23.0 Å². The first-order valence-corrected chi connectivity index (χ1v) is 11.2. The molecule has 0 unspecified atom stereocenters. The first-order valence-electron chi connectivity index (χ1n) is 11.2. The fourth-order valence-corrected chi connectivity index (χ4v) is 2.55. The molecular formula is C24H24N5NdO14Zn. The van der Waals surface area contributed by atoms with E-state index in [0.29, 0.717) is 22.5 Å². The van der Waals surface area contributed by atoms with Gasteiger partial charge in [-0.05, 0) is 42.3 Å². The number of aliphatic hydroxyl groups is 1. The van der Waals surface area contributed by atoms with Gasteiger partial charge in [0.25, 0.3) is 0 Å². The number of rotatable bonds is 6. The number of hydrogen-bond donors (Lipinski definition) is 1. The second-order valence-electron chi connectivity index (χ2n) is 6.75. The molecule has 21 heteroatoms. The van der Waals surface area contributed by atoms with Crippen LogP contribution in [-0.2, 0) is 19.5 Å². The minimum atomic E-state index is -1.75. The summed E-state index contributed by atoms with van der Waals surface area (Å²) in [6.45, 7) is 1.93. The Morgan fingerprint density at radius 3 is 1.18 bits per heavy atom. The zero-order chi connectivity index (χ0) is 33.4. The van der Waals surface area contributed by atoms with Crippen LogP contribution in [0.3, 0.4) is 0 Å². The molecule has 0 fully saturated rings. The van der Waals surface area contributed by atoms with Gasteiger partial charge in [-0.2, -0.15) is 0 Å². The fourth-order valence-electron chi connectivity index (χ4n) is 2.55. The Labute approximate surface area is 300 Å². The van der Waals surface area contributed by atoms with Crippen LogP contribution in [-0.4, -0.2) is 53.6 Å². The van der Waals surface area contributed by atoms with Crippen molar-refractivity contribution in [2.45, 2.75) is 6.92 Å². The van der Waals surface area contributed by atoms with Crippen molar-refractivity contribution < 1.29 is 100 Å². The standard InChI is InChI=1S/C22H20N2O4.C2H6O.3NO3.Nd.Zn/c1-27-19-11-5-7-15(21(19)25)13-23-17-9-3-4-10-18(17)24-14-16-8-6-12-20(28-2)22(16)26;1-2-3;3*2-1(3)4;;/h3-14,25-26H,1-2H3;3H,2H2,1H3;;;;;/q;;3*-1;+3;+2/p-2. The quantitative estimate of drug-likeness (QED) is 0.162. The summed E-state index contributed by atoms with van der Waals surface area (Å²) in [5.74, 6) is 0.0525.